The molecule has 2 aromatic heterocycles. The monoisotopic (exact) mass is 282 g/mol. The average molecular weight is 282 g/mol. The minimum absolute atomic E-state index is 0.282. The number of nitrogens with zero attached hydrogens (tertiary/aromatic N) is 1. The predicted octanol–water partition coefficient (Wildman–Crippen LogP) is 4.71. The van der Waals surface area contributed by atoms with Gasteiger partial charge in [-0.05, 0) is 42.5 Å². The van der Waals surface area contributed by atoms with Gasteiger partial charge < -0.3 is 5.32 Å². The number of benzene rings is 1. The molecule has 0 fully saturated rings. The smallest absolute Gasteiger partial charge is 0.0809 e. The zero-order valence-corrected chi connectivity index (χ0v) is 12.5. The van der Waals surface area contributed by atoms with Gasteiger partial charge in [-0.25, -0.2) is 0 Å². The highest BCUT2D eigenvalue weighted by Crippen LogP contribution is 2.24. The molecular weight excluding hydrogens is 264 g/mol. The second kappa shape index (κ2) is 5.73. The molecule has 2 atom stereocenters. The highest BCUT2D eigenvalue weighted by Gasteiger charge is 2.12. The van der Waals surface area contributed by atoms with Crippen LogP contribution in [0, 0.1) is 0 Å². The Morgan fingerprint density at radius 1 is 1.00 bits per heavy atom. The summed E-state index contributed by atoms with van der Waals surface area (Å²) in [7, 11) is 0. The third-order valence-electron chi connectivity index (χ3n) is 3.62. The maximum atomic E-state index is 4.51. The second-order valence-corrected chi connectivity index (χ2v) is 6.04. The van der Waals surface area contributed by atoms with E-state index in [1.807, 2.05) is 12.3 Å². The fourth-order valence-corrected chi connectivity index (χ4v) is 3.20. The summed E-state index contributed by atoms with van der Waals surface area (Å²) in [6.45, 7) is 4.39. The normalized spacial score (nSPS) is 14.3. The Morgan fingerprint density at radius 2 is 1.75 bits per heavy atom. The number of nitrogens with one attached hydrogen (secondary N) is 1. The van der Waals surface area contributed by atoms with E-state index in [4.69, 9.17) is 0 Å². The van der Waals surface area contributed by atoms with Gasteiger partial charge in [0, 0.05) is 18.3 Å². The second-order valence-electron chi connectivity index (χ2n) is 5.09. The molecular formula is C17H18N2S. The average Bonchev–Trinajstić information content (AvgIpc) is 2.95. The van der Waals surface area contributed by atoms with Crippen molar-refractivity contribution in [3.63, 3.8) is 0 Å². The van der Waals surface area contributed by atoms with Crippen molar-refractivity contribution < 1.29 is 0 Å². The minimum atomic E-state index is 0.282. The molecule has 1 N–H and O–H groups in total. The summed E-state index contributed by atoms with van der Waals surface area (Å²) in [4.78, 5) is 4.51. The lowest BCUT2D eigenvalue weighted by molar-refractivity contribution is 0.494. The molecule has 2 nitrogen and oxygen atoms in total. The van der Waals surface area contributed by atoms with Crippen LogP contribution in [0.4, 0.5) is 0 Å². The molecule has 0 radical (unpaired) electrons. The molecule has 1 aromatic carbocycles. The van der Waals surface area contributed by atoms with Gasteiger partial charge in [0.25, 0.3) is 0 Å². The summed E-state index contributed by atoms with van der Waals surface area (Å²) in [5, 5.41) is 5.72. The molecule has 0 aliphatic heterocycles. The fourth-order valence-electron chi connectivity index (χ4n) is 2.41. The molecule has 0 aliphatic carbocycles. The van der Waals surface area contributed by atoms with Crippen LogP contribution < -0.4 is 5.32 Å². The van der Waals surface area contributed by atoms with E-state index in [-0.39, 0.29) is 6.04 Å². The van der Waals surface area contributed by atoms with Gasteiger partial charge in [0.1, 0.15) is 0 Å². The van der Waals surface area contributed by atoms with Gasteiger partial charge in [-0.1, -0.05) is 30.3 Å². The lowest BCUT2D eigenvalue weighted by Crippen LogP contribution is -2.22. The highest BCUT2D eigenvalue weighted by molar-refractivity contribution is 7.17. The largest absolute Gasteiger partial charge is 0.304 e. The van der Waals surface area contributed by atoms with E-state index >= 15 is 0 Å². The fraction of sp³-hybridized carbons (Fsp3) is 0.235. The molecule has 0 spiro atoms. The number of hydrogen-bond acceptors (Lipinski definition) is 3. The van der Waals surface area contributed by atoms with Crippen LogP contribution >= 0.6 is 11.3 Å². The molecule has 3 heteroatoms. The van der Waals surface area contributed by atoms with Gasteiger partial charge in [-0.3, -0.25) is 4.98 Å². The van der Waals surface area contributed by atoms with Crippen molar-refractivity contribution in [1.82, 2.24) is 10.3 Å². The number of rotatable bonds is 4. The van der Waals surface area contributed by atoms with Gasteiger partial charge in [-0.15, -0.1) is 11.3 Å². The van der Waals surface area contributed by atoms with Gasteiger partial charge in [-0.2, -0.15) is 0 Å². The van der Waals surface area contributed by atoms with Crippen molar-refractivity contribution in [2.45, 2.75) is 25.9 Å². The molecule has 3 aromatic rings. The zero-order valence-electron chi connectivity index (χ0n) is 11.7. The first-order valence-electron chi connectivity index (χ1n) is 6.88. The summed E-state index contributed by atoms with van der Waals surface area (Å²) in [5.74, 6) is 0. The van der Waals surface area contributed by atoms with Gasteiger partial charge >= 0.3 is 0 Å². The molecule has 0 amide bonds. The third kappa shape index (κ3) is 2.74. The first-order valence-corrected chi connectivity index (χ1v) is 7.76. The Morgan fingerprint density at radius 3 is 2.55 bits per heavy atom. The third-order valence-corrected chi connectivity index (χ3v) is 4.48. The van der Waals surface area contributed by atoms with Crippen molar-refractivity contribution >= 4 is 21.6 Å². The Labute approximate surface area is 123 Å². The van der Waals surface area contributed by atoms with E-state index in [2.05, 4.69) is 65.9 Å². The lowest BCUT2D eigenvalue weighted by atomic mass is 10.1. The van der Waals surface area contributed by atoms with Crippen LogP contribution in [0.25, 0.3) is 10.2 Å². The topological polar surface area (TPSA) is 24.9 Å². The van der Waals surface area contributed by atoms with Gasteiger partial charge in [0.05, 0.1) is 10.2 Å². The summed E-state index contributed by atoms with van der Waals surface area (Å²) in [6.07, 6.45) is 1.98. The van der Waals surface area contributed by atoms with Crippen molar-refractivity contribution in [2.75, 3.05) is 0 Å². The quantitative estimate of drug-likeness (QED) is 0.749. The number of fused-ring (bicyclic) bond motifs is 1. The van der Waals surface area contributed by atoms with Crippen molar-refractivity contribution in [3.05, 3.63) is 65.2 Å². The predicted molar refractivity (Wildman–Crippen MR) is 86.0 cm³/mol. The van der Waals surface area contributed by atoms with Gasteiger partial charge in [0.15, 0.2) is 0 Å². The van der Waals surface area contributed by atoms with E-state index in [1.165, 1.54) is 15.8 Å². The standard InChI is InChI=1S/C17H18N2S/c1-12(14-6-4-3-5-7-14)19-13(2)15-10-17-16(18-11-15)8-9-20-17/h3-13,19H,1-2H3/t12-,13?/m1/s1. The first kappa shape index (κ1) is 13.3. The van der Waals surface area contributed by atoms with E-state index in [0.29, 0.717) is 6.04 Å². The highest BCUT2D eigenvalue weighted by atomic mass is 32.1. The van der Waals surface area contributed by atoms with E-state index < -0.39 is 0 Å². The molecule has 3 rings (SSSR count). The van der Waals surface area contributed by atoms with Gasteiger partial charge in [0.2, 0.25) is 0 Å². The van der Waals surface area contributed by atoms with Crippen LogP contribution in [0.1, 0.15) is 37.1 Å². The van der Waals surface area contributed by atoms with E-state index in [1.54, 1.807) is 11.3 Å². The Hall–Kier alpha value is -1.71. The maximum Gasteiger partial charge on any atom is 0.0809 e. The van der Waals surface area contributed by atoms with Crippen LogP contribution in [0.3, 0.4) is 0 Å². The molecule has 2 heterocycles. The summed E-state index contributed by atoms with van der Waals surface area (Å²) in [6, 6.07) is 15.4. The number of pyridine rings is 1. The number of hydrogen-bond donors (Lipinski definition) is 1. The number of thiophene rings is 1. The summed E-state index contributed by atoms with van der Waals surface area (Å²) in [5.41, 5.74) is 3.63. The van der Waals surface area contributed by atoms with Crippen molar-refractivity contribution in [2.24, 2.45) is 0 Å². The van der Waals surface area contributed by atoms with Crippen LogP contribution in [-0.2, 0) is 0 Å². The molecule has 0 bridgehead atoms. The Kier molecular flexibility index (Phi) is 3.81. The summed E-state index contributed by atoms with van der Waals surface area (Å²) < 4.78 is 1.25. The Balaban J connectivity index is 1.76. The zero-order chi connectivity index (χ0) is 13.9. The molecule has 20 heavy (non-hydrogen) atoms. The van der Waals surface area contributed by atoms with Crippen LogP contribution in [0.15, 0.2) is 54.0 Å². The van der Waals surface area contributed by atoms with Crippen LogP contribution in [0.5, 0.6) is 0 Å². The van der Waals surface area contributed by atoms with Crippen molar-refractivity contribution in [1.29, 1.82) is 0 Å². The van der Waals surface area contributed by atoms with E-state index in [0.717, 1.165) is 5.52 Å². The molecule has 1 unspecified atom stereocenters. The Bertz CT molecular complexity index is 690. The first-order chi connectivity index (χ1) is 9.74. The lowest BCUT2D eigenvalue weighted by Gasteiger charge is -2.20. The molecule has 0 saturated heterocycles. The van der Waals surface area contributed by atoms with Crippen LogP contribution in [-0.4, -0.2) is 4.98 Å². The van der Waals surface area contributed by atoms with E-state index in [9.17, 15) is 0 Å². The summed E-state index contributed by atoms with van der Waals surface area (Å²) >= 11 is 1.74. The number of aromatic nitrogens is 1. The SMILES string of the molecule is CC(N[C@H](C)c1ccccc1)c1cnc2ccsc2c1. The van der Waals surface area contributed by atoms with Crippen LogP contribution in [0.2, 0.25) is 0 Å². The van der Waals surface area contributed by atoms with Crippen molar-refractivity contribution in [3.8, 4) is 0 Å². The molecule has 0 aliphatic rings. The maximum absolute atomic E-state index is 4.51. The molecule has 0 saturated carbocycles. The molecule has 102 valence electrons. The minimum Gasteiger partial charge on any atom is -0.304 e.